The average molecular weight is 463 g/mol. The van der Waals surface area contributed by atoms with Crippen LogP contribution in [-0.4, -0.2) is 0 Å². The third-order valence-electron chi connectivity index (χ3n) is 9.22. The molecule has 1 aromatic carbocycles. The van der Waals surface area contributed by atoms with Crippen LogP contribution in [0.5, 0.6) is 0 Å². The van der Waals surface area contributed by atoms with Crippen LogP contribution < -0.4 is 0 Å². The molecule has 8 rings (SSSR count). The van der Waals surface area contributed by atoms with Crippen molar-refractivity contribution >= 4 is 11.6 Å². The van der Waals surface area contributed by atoms with Gasteiger partial charge in [0.05, 0.1) is 0 Å². The summed E-state index contributed by atoms with van der Waals surface area (Å²) in [5.41, 5.74) is 16.0. The molecule has 0 saturated carbocycles. The molecule has 174 valence electrons. The molecule has 0 aromatic heterocycles. The van der Waals surface area contributed by atoms with Crippen molar-refractivity contribution in [3.63, 3.8) is 0 Å². The van der Waals surface area contributed by atoms with Crippen LogP contribution in [0.2, 0.25) is 0 Å². The van der Waals surface area contributed by atoms with Crippen molar-refractivity contribution in [2.24, 2.45) is 17.8 Å². The molecule has 7 aliphatic rings. The summed E-state index contributed by atoms with van der Waals surface area (Å²) in [6.45, 7) is 0. The lowest BCUT2D eigenvalue weighted by Gasteiger charge is -2.43. The molecule has 0 N–H and O–H groups in total. The Balaban J connectivity index is 1.25. The van der Waals surface area contributed by atoms with Gasteiger partial charge in [0, 0.05) is 11.8 Å². The zero-order valence-corrected chi connectivity index (χ0v) is 20.6. The zero-order chi connectivity index (χ0) is 23.6. The van der Waals surface area contributed by atoms with Crippen LogP contribution in [0.15, 0.2) is 136 Å². The molecule has 0 aliphatic heterocycles. The van der Waals surface area contributed by atoms with Crippen molar-refractivity contribution < 1.29 is 0 Å². The van der Waals surface area contributed by atoms with E-state index in [1.54, 1.807) is 0 Å². The van der Waals surface area contributed by atoms with Crippen LogP contribution in [0.25, 0.3) is 11.6 Å². The summed E-state index contributed by atoms with van der Waals surface area (Å²) in [5, 5.41) is 0. The summed E-state index contributed by atoms with van der Waals surface area (Å²) in [6.07, 6.45) is 39.4. The van der Waals surface area contributed by atoms with Crippen molar-refractivity contribution in [3.05, 3.63) is 153 Å². The Labute approximate surface area is 214 Å². The molecular weight excluding hydrogens is 432 g/mol. The van der Waals surface area contributed by atoms with Gasteiger partial charge in [-0.2, -0.15) is 0 Å². The highest BCUT2D eigenvalue weighted by Gasteiger charge is 2.41. The quantitative estimate of drug-likeness (QED) is 0.412. The van der Waals surface area contributed by atoms with E-state index in [1.165, 1.54) is 80.5 Å². The fourth-order valence-corrected chi connectivity index (χ4v) is 7.45. The van der Waals surface area contributed by atoms with Crippen LogP contribution in [0.3, 0.4) is 0 Å². The van der Waals surface area contributed by atoms with Crippen LogP contribution >= 0.6 is 0 Å². The van der Waals surface area contributed by atoms with Crippen LogP contribution in [0.4, 0.5) is 0 Å². The van der Waals surface area contributed by atoms with E-state index in [2.05, 4.69) is 103 Å². The van der Waals surface area contributed by atoms with E-state index in [1.807, 2.05) is 0 Å². The highest BCUT2D eigenvalue weighted by Crippen LogP contribution is 2.54. The molecule has 0 amide bonds. The number of hydrogen-bond donors (Lipinski definition) is 0. The Kier molecular flexibility index (Phi) is 4.53. The van der Waals surface area contributed by atoms with E-state index in [4.69, 9.17) is 0 Å². The zero-order valence-electron chi connectivity index (χ0n) is 20.6. The predicted octanol–water partition coefficient (Wildman–Crippen LogP) is 8.73. The smallest absolute Gasteiger partial charge is 0.0205 e. The monoisotopic (exact) mass is 462 g/mol. The van der Waals surface area contributed by atoms with Crippen molar-refractivity contribution in [1.29, 1.82) is 0 Å². The molecule has 0 nitrogen and oxygen atoms in total. The molecule has 0 radical (unpaired) electrons. The lowest BCUT2D eigenvalue weighted by molar-refractivity contribution is 0.555. The van der Waals surface area contributed by atoms with Crippen LogP contribution in [-0.2, 0) is 6.42 Å². The summed E-state index contributed by atoms with van der Waals surface area (Å²) >= 11 is 0. The van der Waals surface area contributed by atoms with E-state index in [-0.39, 0.29) is 0 Å². The number of hydrogen-bond acceptors (Lipinski definition) is 0. The van der Waals surface area contributed by atoms with Gasteiger partial charge in [0.25, 0.3) is 0 Å². The first-order valence-corrected chi connectivity index (χ1v) is 13.7. The largest absolute Gasteiger partial charge is 0.0842 e. The fraction of sp³-hybridized carbons (Fsp3) is 0.222. The highest BCUT2D eigenvalue weighted by molar-refractivity contribution is 5.88. The molecule has 3 unspecified atom stereocenters. The molecule has 0 heteroatoms. The summed E-state index contributed by atoms with van der Waals surface area (Å²) in [4.78, 5) is 0. The SMILES string of the molecule is C1=Cc2cccc(C3=CC=C4C=CC5=CC=C(C6=CCC7CCC=CC7=C6)C6=CC=C3C4C56)c2CC1. The first-order valence-electron chi connectivity index (χ1n) is 13.7. The molecule has 0 bridgehead atoms. The molecule has 7 aliphatic carbocycles. The molecule has 0 heterocycles. The Morgan fingerprint density at radius 3 is 2.31 bits per heavy atom. The van der Waals surface area contributed by atoms with Gasteiger partial charge in [0.2, 0.25) is 0 Å². The molecule has 3 atom stereocenters. The minimum Gasteiger partial charge on any atom is -0.0842 e. The number of fused-ring (bicyclic) bond motifs is 2. The van der Waals surface area contributed by atoms with Gasteiger partial charge in [-0.15, -0.1) is 0 Å². The Hall–Kier alpha value is -3.64. The van der Waals surface area contributed by atoms with Crippen LogP contribution in [0.1, 0.15) is 42.4 Å². The topological polar surface area (TPSA) is 0 Å². The van der Waals surface area contributed by atoms with Gasteiger partial charge >= 0.3 is 0 Å². The van der Waals surface area contributed by atoms with E-state index in [9.17, 15) is 0 Å². The molecule has 0 spiro atoms. The van der Waals surface area contributed by atoms with E-state index in [0.29, 0.717) is 17.8 Å². The van der Waals surface area contributed by atoms with Crippen LogP contribution in [0, 0.1) is 17.8 Å². The number of allylic oxidation sites excluding steroid dienone is 21. The van der Waals surface area contributed by atoms with Gasteiger partial charge in [-0.25, -0.2) is 0 Å². The Morgan fingerprint density at radius 2 is 1.44 bits per heavy atom. The second kappa shape index (κ2) is 7.93. The van der Waals surface area contributed by atoms with Crippen molar-refractivity contribution in [3.8, 4) is 0 Å². The molecule has 1 aromatic rings. The van der Waals surface area contributed by atoms with Gasteiger partial charge in [-0.1, -0.05) is 103 Å². The van der Waals surface area contributed by atoms with E-state index >= 15 is 0 Å². The molecular formula is C36H30. The van der Waals surface area contributed by atoms with Crippen molar-refractivity contribution in [2.45, 2.75) is 32.1 Å². The fourth-order valence-electron chi connectivity index (χ4n) is 7.45. The molecule has 0 saturated heterocycles. The summed E-state index contributed by atoms with van der Waals surface area (Å²) in [5.74, 6) is 1.52. The maximum Gasteiger partial charge on any atom is 0.0205 e. The first kappa shape index (κ1) is 20.5. The third-order valence-corrected chi connectivity index (χ3v) is 9.22. The molecule has 36 heavy (non-hydrogen) atoms. The second-order valence-corrected chi connectivity index (χ2v) is 11.1. The summed E-state index contributed by atoms with van der Waals surface area (Å²) in [6, 6.07) is 6.85. The summed E-state index contributed by atoms with van der Waals surface area (Å²) in [7, 11) is 0. The van der Waals surface area contributed by atoms with Crippen molar-refractivity contribution in [2.75, 3.05) is 0 Å². The maximum atomic E-state index is 2.50. The van der Waals surface area contributed by atoms with E-state index in [0.717, 1.165) is 12.8 Å². The number of rotatable bonds is 2. The third kappa shape index (κ3) is 3.00. The minimum absolute atomic E-state index is 0.402. The lowest BCUT2D eigenvalue weighted by Crippen LogP contribution is -2.31. The molecule has 0 fully saturated rings. The Morgan fingerprint density at radius 1 is 0.667 bits per heavy atom. The first-order chi connectivity index (χ1) is 17.8. The number of benzene rings is 1. The van der Waals surface area contributed by atoms with Gasteiger partial charge in [0.15, 0.2) is 0 Å². The van der Waals surface area contributed by atoms with Gasteiger partial charge < -0.3 is 0 Å². The predicted molar refractivity (Wildman–Crippen MR) is 151 cm³/mol. The van der Waals surface area contributed by atoms with Crippen molar-refractivity contribution in [1.82, 2.24) is 0 Å². The average Bonchev–Trinajstić information content (AvgIpc) is 2.95. The Bertz CT molecular complexity index is 1540. The minimum atomic E-state index is 0.402. The normalized spacial score (nSPS) is 28.7. The van der Waals surface area contributed by atoms with E-state index < -0.39 is 0 Å². The standard InChI is InChI=1S/C36H30/c1-2-8-27-22-28(15-12-23(27)6-1)30-18-16-25-13-14-26-17-19-32(34-21-20-33(30)35(25)36(26)34)31-11-5-9-24-7-3-4-10-29(24)31/h2-3,5,7-9,11,13-23,35-36H,1,4,6,10,12H2. The second-order valence-electron chi connectivity index (χ2n) is 11.1. The highest BCUT2D eigenvalue weighted by atomic mass is 14.4. The van der Waals surface area contributed by atoms with Gasteiger partial charge in [-0.3, -0.25) is 0 Å². The van der Waals surface area contributed by atoms with Gasteiger partial charge in [-0.05, 0) is 99.3 Å². The maximum absolute atomic E-state index is 2.50. The summed E-state index contributed by atoms with van der Waals surface area (Å²) < 4.78 is 0. The van der Waals surface area contributed by atoms with Gasteiger partial charge in [0.1, 0.15) is 0 Å². The lowest BCUT2D eigenvalue weighted by atomic mass is 9.60.